The Kier molecular flexibility index (Phi) is 4.09. The molecule has 1 N–H and O–H groups in total. The van der Waals surface area contributed by atoms with Crippen LogP contribution >= 0.6 is 24.0 Å². The number of aromatic hydroxyl groups is 1. The van der Waals surface area contributed by atoms with E-state index in [9.17, 15) is 5.11 Å². The van der Waals surface area contributed by atoms with Crippen molar-refractivity contribution in [3.63, 3.8) is 0 Å². The molecule has 0 amide bonds. The van der Waals surface area contributed by atoms with E-state index in [2.05, 4.69) is 0 Å². The van der Waals surface area contributed by atoms with Gasteiger partial charge in [-0.1, -0.05) is 60.4 Å². The quantitative estimate of drug-likeness (QED) is 0.847. The molecule has 0 aliphatic carbocycles. The van der Waals surface area contributed by atoms with Crippen LogP contribution in [0.4, 0.5) is 0 Å². The summed E-state index contributed by atoms with van der Waals surface area (Å²) in [7, 11) is 3.85. The Labute approximate surface area is 117 Å². The Hall–Kier alpha value is -1.26. The highest BCUT2D eigenvalue weighted by Crippen LogP contribution is 2.31. The summed E-state index contributed by atoms with van der Waals surface area (Å²) in [5.41, 5.74) is 0.919. The molecule has 0 unspecified atom stereocenters. The molecule has 0 fully saturated rings. The Morgan fingerprint density at radius 1 is 1.22 bits per heavy atom. The summed E-state index contributed by atoms with van der Waals surface area (Å²) >= 11 is 6.78. The number of phenolic OH excluding ortho intramolecular Hbond substituents is 1. The average molecular weight is 277 g/mol. The fraction of sp³-hybridized carbons (Fsp3) is 0.214. The molecule has 0 aliphatic heterocycles. The van der Waals surface area contributed by atoms with Gasteiger partial charge in [0.25, 0.3) is 0 Å². The molecule has 0 bridgehead atoms. The summed E-state index contributed by atoms with van der Waals surface area (Å²) < 4.78 is 0.822. The van der Waals surface area contributed by atoms with E-state index >= 15 is 0 Å². The first kappa shape index (κ1) is 13.2. The Morgan fingerprint density at radius 3 is 2.67 bits per heavy atom. The fourth-order valence-corrected chi connectivity index (χ4v) is 2.63. The van der Waals surface area contributed by atoms with Gasteiger partial charge in [0.1, 0.15) is 10.1 Å². The maximum Gasteiger partial charge on any atom is 0.136 e. The highest BCUT2D eigenvalue weighted by Gasteiger charge is 2.08. The highest BCUT2D eigenvalue weighted by atomic mass is 32.2. The van der Waals surface area contributed by atoms with Crippen molar-refractivity contribution in [3.05, 3.63) is 42.0 Å². The molecule has 0 saturated carbocycles. The monoisotopic (exact) mass is 277 g/mol. The van der Waals surface area contributed by atoms with Gasteiger partial charge in [-0.25, -0.2) is 0 Å². The lowest BCUT2D eigenvalue weighted by atomic mass is 10.1. The van der Waals surface area contributed by atoms with E-state index in [1.165, 1.54) is 0 Å². The summed E-state index contributed by atoms with van der Waals surface area (Å²) in [6.07, 6.45) is 0. The molecule has 2 aromatic rings. The summed E-state index contributed by atoms with van der Waals surface area (Å²) in [5, 5.41) is 12.2. The predicted octanol–water partition coefficient (Wildman–Crippen LogP) is 3.63. The normalized spacial score (nSPS) is 10.6. The van der Waals surface area contributed by atoms with E-state index in [1.54, 1.807) is 11.8 Å². The summed E-state index contributed by atoms with van der Waals surface area (Å²) in [6, 6.07) is 11.8. The Bertz CT molecular complexity index is 581. The molecule has 0 spiro atoms. The molecule has 0 aromatic heterocycles. The lowest BCUT2D eigenvalue weighted by molar-refractivity contribution is 0.477. The van der Waals surface area contributed by atoms with Crippen LogP contribution in [-0.4, -0.2) is 28.4 Å². The van der Waals surface area contributed by atoms with Crippen molar-refractivity contribution in [2.75, 3.05) is 14.1 Å². The number of hydrogen-bond donors (Lipinski definition) is 1. The van der Waals surface area contributed by atoms with E-state index in [-0.39, 0.29) is 0 Å². The molecule has 2 rings (SSSR count). The smallest absolute Gasteiger partial charge is 0.136 e. The highest BCUT2D eigenvalue weighted by molar-refractivity contribution is 8.22. The van der Waals surface area contributed by atoms with Crippen LogP contribution in [0.15, 0.2) is 36.4 Å². The van der Waals surface area contributed by atoms with Gasteiger partial charge in [-0.2, -0.15) is 0 Å². The molecule has 0 saturated heterocycles. The van der Waals surface area contributed by atoms with E-state index in [0.29, 0.717) is 11.5 Å². The van der Waals surface area contributed by atoms with E-state index in [1.807, 2.05) is 55.4 Å². The van der Waals surface area contributed by atoms with Gasteiger partial charge in [0.2, 0.25) is 0 Å². The second-order valence-electron chi connectivity index (χ2n) is 4.24. The van der Waals surface area contributed by atoms with Crippen LogP contribution in [0.1, 0.15) is 5.56 Å². The van der Waals surface area contributed by atoms with Gasteiger partial charge >= 0.3 is 0 Å². The summed E-state index contributed by atoms with van der Waals surface area (Å²) in [6.45, 7) is 0. The molecule has 4 heteroatoms. The lowest BCUT2D eigenvalue weighted by Crippen LogP contribution is -2.16. The fourth-order valence-electron chi connectivity index (χ4n) is 1.69. The van der Waals surface area contributed by atoms with Crippen molar-refractivity contribution in [2.45, 2.75) is 5.75 Å². The van der Waals surface area contributed by atoms with E-state index in [4.69, 9.17) is 12.2 Å². The number of phenols is 1. The summed E-state index contributed by atoms with van der Waals surface area (Å²) in [5.74, 6) is 1.05. The Morgan fingerprint density at radius 2 is 1.94 bits per heavy atom. The van der Waals surface area contributed by atoms with Gasteiger partial charge in [0.05, 0.1) is 0 Å². The average Bonchev–Trinajstić information content (AvgIpc) is 2.38. The zero-order valence-electron chi connectivity index (χ0n) is 10.4. The molecule has 0 aliphatic rings. The van der Waals surface area contributed by atoms with Crippen molar-refractivity contribution in [3.8, 4) is 5.75 Å². The van der Waals surface area contributed by atoms with Gasteiger partial charge < -0.3 is 10.0 Å². The maximum absolute atomic E-state index is 10.2. The number of rotatable bonds is 2. The van der Waals surface area contributed by atoms with E-state index in [0.717, 1.165) is 20.7 Å². The van der Waals surface area contributed by atoms with Crippen molar-refractivity contribution >= 4 is 39.1 Å². The minimum Gasteiger partial charge on any atom is -0.507 e. The number of thioether (sulfide) groups is 1. The topological polar surface area (TPSA) is 23.5 Å². The summed E-state index contributed by atoms with van der Waals surface area (Å²) in [4.78, 5) is 1.90. The lowest BCUT2D eigenvalue weighted by Gasteiger charge is -2.13. The predicted molar refractivity (Wildman–Crippen MR) is 83.2 cm³/mol. The third kappa shape index (κ3) is 2.76. The molecule has 0 heterocycles. The van der Waals surface area contributed by atoms with Gasteiger partial charge in [0, 0.05) is 30.8 Å². The van der Waals surface area contributed by atoms with Crippen LogP contribution in [0.5, 0.6) is 5.75 Å². The zero-order valence-corrected chi connectivity index (χ0v) is 12.0. The number of nitrogens with zero attached hydrogens (tertiary/aromatic N) is 1. The van der Waals surface area contributed by atoms with Gasteiger partial charge in [0.15, 0.2) is 0 Å². The van der Waals surface area contributed by atoms with Gasteiger partial charge in [-0.05, 0) is 5.39 Å². The SMILES string of the molecule is CN(C)C(=S)SCc1ccc2ccccc2c1O. The first-order valence-electron chi connectivity index (χ1n) is 5.63. The minimum absolute atomic E-state index is 0.363. The van der Waals surface area contributed by atoms with Crippen LogP contribution in [-0.2, 0) is 5.75 Å². The molecule has 0 atom stereocenters. The minimum atomic E-state index is 0.363. The number of hydrogen-bond acceptors (Lipinski definition) is 3. The number of fused-ring (bicyclic) bond motifs is 1. The molecule has 0 radical (unpaired) electrons. The van der Waals surface area contributed by atoms with Crippen LogP contribution in [0.2, 0.25) is 0 Å². The van der Waals surface area contributed by atoms with Gasteiger partial charge in [-0.3, -0.25) is 0 Å². The third-order valence-electron chi connectivity index (χ3n) is 2.70. The Balaban J connectivity index is 2.24. The number of benzene rings is 2. The van der Waals surface area contributed by atoms with E-state index < -0.39 is 0 Å². The van der Waals surface area contributed by atoms with Crippen molar-refractivity contribution in [1.29, 1.82) is 0 Å². The second-order valence-corrected chi connectivity index (χ2v) is 5.85. The van der Waals surface area contributed by atoms with Crippen LogP contribution in [0, 0.1) is 0 Å². The maximum atomic E-state index is 10.2. The molecular formula is C14H15NOS2. The van der Waals surface area contributed by atoms with Crippen molar-refractivity contribution in [1.82, 2.24) is 4.90 Å². The zero-order chi connectivity index (χ0) is 13.1. The van der Waals surface area contributed by atoms with Crippen molar-refractivity contribution < 1.29 is 5.11 Å². The number of thiocarbonyl (C=S) groups is 1. The standard InChI is InChI=1S/C14H15NOS2/c1-15(2)14(17)18-9-11-8-7-10-5-3-4-6-12(10)13(11)16/h3-8,16H,9H2,1-2H3. The third-order valence-corrected chi connectivity index (χ3v) is 4.49. The molecule has 2 nitrogen and oxygen atoms in total. The largest absolute Gasteiger partial charge is 0.507 e. The molecule has 94 valence electrons. The van der Waals surface area contributed by atoms with Gasteiger partial charge in [-0.15, -0.1) is 0 Å². The van der Waals surface area contributed by atoms with Crippen LogP contribution in [0.25, 0.3) is 10.8 Å². The molecule has 2 aromatic carbocycles. The van der Waals surface area contributed by atoms with Crippen LogP contribution in [0.3, 0.4) is 0 Å². The molecule has 18 heavy (non-hydrogen) atoms. The van der Waals surface area contributed by atoms with Crippen LogP contribution < -0.4 is 0 Å². The second kappa shape index (κ2) is 5.59. The first-order valence-corrected chi connectivity index (χ1v) is 7.02. The molecular weight excluding hydrogens is 262 g/mol. The first-order chi connectivity index (χ1) is 8.59. The van der Waals surface area contributed by atoms with Crippen molar-refractivity contribution in [2.24, 2.45) is 0 Å².